The molecule has 0 spiro atoms. The van der Waals surface area contributed by atoms with E-state index in [2.05, 4.69) is 20.5 Å². The topological polar surface area (TPSA) is 83.8 Å². The van der Waals surface area contributed by atoms with E-state index in [1.165, 1.54) is 0 Å². The largest absolute Gasteiger partial charge is 0.440 e. The highest BCUT2D eigenvalue weighted by Gasteiger charge is 2.12. The zero-order chi connectivity index (χ0) is 17.9. The first kappa shape index (κ1) is 16.1. The third kappa shape index (κ3) is 3.35. The van der Waals surface area contributed by atoms with Crippen LogP contribution in [0.2, 0.25) is 0 Å². The summed E-state index contributed by atoms with van der Waals surface area (Å²) in [4.78, 5) is 16.9. The van der Waals surface area contributed by atoms with Gasteiger partial charge in [-0.15, -0.1) is 0 Å². The van der Waals surface area contributed by atoms with Crippen LogP contribution in [0.1, 0.15) is 33.1 Å². The Kier molecular flexibility index (Phi) is 4.23. The molecule has 2 heterocycles. The second-order valence-corrected chi connectivity index (χ2v) is 6.16. The molecule has 6 nitrogen and oxygen atoms in total. The number of carbonyl (C=O) groups excluding carboxylic acids is 1. The van der Waals surface area contributed by atoms with E-state index in [-0.39, 0.29) is 5.91 Å². The summed E-state index contributed by atoms with van der Waals surface area (Å²) >= 11 is 0. The Morgan fingerprint density at radius 2 is 2.04 bits per heavy atom. The van der Waals surface area contributed by atoms with Crippen LogP contribution in [0.5, 0.6) is 0 Å². The molecular formula is C20H18N4O2. The quantitative estimate of drug-likeness (QED) is 0.580. The Labute approximate surface area is 150 Å². The number of nitrogens with one attached hydrogen (secondary N) is 2. The van der Waals surface area contributed by atoms with Crippen molar-refractivity contribution in [3.63, 3.8) is 0 Å². The highest BCUT2D eigenvalue weighted by molar-refractivity contribution is 5.97. The van der Waals surface area contributed by atoms with Gasteiger partial charge in [0, 0.05) is 29.8 Å². The van der Waals surface area contributed by atoms with Crippen molar-refractivity contribution in [2.24, 2.45) is 0 Å². The van der Waals surface area contributed by atoms with Crippen LogP contribution in [0.15, 0.2) is 59.1 Å². The molecule has 0 radical (unpaired) electrons. The first-order valence-corrected chi connectivity index (χ1v) is 8.39. The lowest BCUT2D eigenvalue weighted by atomic mass is 10.1. The molecule has 4 aromatic rings. The maximum absolute atomic E-state index is 12.4. The number of aromatic amines is 1. The number of aromatic nitrogens is 3. The Hall–Kier alpha value is -3.41. The summed E-state index contributed by atoms with van der Waals surface area (Å²) in [6.07, 6.45) is 2.34. The van der Waals surface area contributed by atoms with Gasteiger partial charge in [0.05, 0.1) is 6.20 Å². The molecule has 26 heavy (non-hydrogen) atoms. The van der Waals surface area contributed by atoms with Crippen molar-refractivity contribution in [2.45, 2.75) is 19.9 Å². The first-order chi connectivity index (χ1) is 12.7. The van der Waals surface area contributed by atoms with Crippen molar-refractivity contribution in [2.75, 3.05) is 0 Å². The normalized spacial score (nSPS) is 11.0. The van der Waals surface area contributed by atoms with Gasteiger partial charge in [-0.25, -0.2) is 4.98 Å². The Morgan fingerprint density at radius 3 is 2.81 bits per heavy atom. The summed E-state index contributed by atoms with van der Waals surface area (Å²) in [6, 6.07) is 15.3. The molecule has 0 aliphatic rings. The van der Waals surface area contributed by atoms with E-state index in [1.807, 2.05) is 43.3 Å². The Balaban J connectivity index is 1.50. The number of hydrogen-bond donors (Lipinski definition) is 2. The molecule has 0 fully saturated rings. The summed E-state index contributed by atoms with van der Waals surface area (Å²) < 4.78 is 5.83. The smallest absolute Gasteiger partial charge is 0.251 e. The van der Waals surface area contributed by atoms with Crippen molar-refractivity contribution in [1.82, 2.24) is 20.5 Å². The van der Waals surface area contributed by atoms with Crippen molar-refractivity contribution in [3.05, 3.63) is 83.0 Å². The molecule has 0 bridgehead atoms. The predicted octanol–water partition coefficient (Wildman–Crippen LogP) is 3.38. The first-order valence-electron chi connectivity index (χ1n) is 8.39. The minimum atomic E-state index is -0.159. The molecular weight excluding hydrogens is 328 g/mol. The van der Waals surface area contributed by atoms with E-state index < -0.39 is 0 Å². The van der Waals surface area contributed by atoms with Gasteiger partial charge in [0.25, 0.3) is 5.91 Å². The number of aryl methyl sites for hydroxylation is 1. The number of nitrogens with zero attached hydrogens (tertiary/aromatic N) is 2. The number of carbonyl (C=O) groups is 1. The number of H-pyrrole nitrogens is 1. The van der Waals surface area contributed by atoms with Crippen LogP contribution in [0, 0.1) is 6.92 Å². The summed E-state index contributed by atoms with van der Waals surface area (Å²) in [7, 11) is 0. The SMILES string of the molecule is Cc1[nH]ncc1CNC(=O)c1ccc2nc(Cc3ccccc3)oc2c1. The summed E-state index contributed by atoms with van der Waals surface area (Å²) in [5.74, 6) is 0.478. The van der Waals surface area contributed by atoms with Gasteiger partial charge in [-0.05, 0) is 30.7 Å². The highest BCUT2D eigenvalue weighted by Crippen LogP contribution is 2.19. The molecule has 0 saturated heterocycles. The maximum Gasteiger partial charge on any atom is 0.251 e. The standard InChI is InChI=1S/C20H18N4O2/c1-13-16(12-22-24-13)11-21-20(25)15-7-8-17-18(10-15)26-19(23-17)9-14-5-3-2-4-6-14/h2-8,10,12H,9,11H2,1H3,(H,21,25)(H,22,24). The van der Waals surface area contributed by atoms with Gasteiger partial charge >= 0.3 is 0 Å². The Bertz CT molecular complexity index is 1050. The van der Waals surface area contributed by atoms with E-state index >= 15 is 0 Å². The fourth-order valence-electron chi connectivity index (χ4n) is 2.79. The van der Waals surface area contributed by atoms with Crippen LogP contribution in [-0.4, -0.2) is 21.1 Å². The van der Waals surface area contributed by atoms with Crippen molar-refractivity contribution in [3.8, 4) is 0 Å². The average Bonchev–Trinajstić information content (AvgIpc) is 3.25. The third-order valence-electron chi connectivity index (χ3n) is 4.27. The lowest BCUT2D eigenvalue weighted by Crippen LogP contribution is -2.22. The molecule has 2 aromatic heterocycles. The molecule has 0 aliphatic carbocycles. The fourth-order valence-corrected chi connectivity index (χ4v) is 2.79. The second-order valence-electron chi connectivity index (χ2n) is 6.16. The van der Waals surface area contributed by atoms with Gasteiger partial charge in [0.15, 0.2) is 11.5 Å². The van der Waals surface area contributed by atoms with Gasteiger partial charge in [-0.3, -0.25) is 9.89 Å². The molecule has 1 amide bonds. The lowest BCUT2D eigenvalue weighted by Gasteiger charge is -2.04. The van der Waals surface area contributed by atoms with E-state index in [4.69, 9.17) is 4.42 Å². The van der Waals surface area contributed by atoms with Crippen LogP contribution in [-0.2, 0) is 13.0 Å². The van der Waals surface area contributed by atoms with Gasteiger partial charge in [-0.2, -0.15) is 5.10 Å². The number of fused-ring (bicyclic) bond motifs is 1. The maximum atomic E-state index is 12.4. The molecule has 0 saturated carbocycles. The van der Waals surface area contributed by atoms with Gasteiger partial charge in [0.1, 0.15) is 5.52 Å². The van der Waals surface area contributed by atoms with E-state index in [0.29, 0.717) is 30.0 Å². The van der Waals surface area contributed by atoms with Crippen LogP contribution in [0.3, 0.4) is 0 Å². The number of oxazole rings is 1. The fraction of sp³-hybridized carbons (Fsp3) is 0.150. The predicted molar refractivity (Wildman–Crippen MR) is 97.8 cm³/mol. The van der Waals surface area contributed by atoms with Gasteiger partial charge in [0.2, 0.25) is 0 Å². The number of amides is 1. The van der Waals surface area contributed by atoms with E-state index in [0.717, 1.165) is 22.3 Å². The zero-order valence-electron chi connectivity index (χ0n) is 14.3. The number of hydrogen-bond acceptors (Lipinski definition) is 4. The highest BCUT2D eigenvalue weighted by atomic mass is 16.3. The average molecular weight is 346 g/mol. The van der Waals surface area contributed by atoms with Gasteiger partial charge in [-0.1, -0.05) is 30.3 Å². The van der Waals surface area contributed by atoms with Crippen LogP contribution >= 0.6 is 0 Å². The molecule has 0 aliphatic heterocycles. The van der Waals surface area contributed by atoms with Crippen molar-refractivity contribution >= 4 is 17.0 Å². The van der Waals surface area contributed by atoms with Crippen LogP contribution in [0.4, 0.5) is 0 Å². The lowest BCUT2D eigenvalue weighted by molar-refractivity contribution is 0.0951. The van der Waals surface area contributed by atoms with Crippen LogP contribution in [0.25, 0.3) is 11.1 Å². The van der Waals surface area contributed by atoms with E-state index in [9.17, 15) is 4.79 Å². The Morgan fingerprint density at radius 1 is 1.19 bits per heavy atom. The summed E-state index contributed by atoms with van der Waals surface area (Å²) in [5, 5.41) is 9.70. The number of rotatable bonds is 5. The number of benzene rings is 2. The minimum absolute atomic E-state index is 0.159. The molecule has 0 unspecified atom stereocenters. The van der Waals surface area contributed by atoms with Gasteiger partial charge < -0.3 is 9.73 Å². The zero-order valence-corrected chi connectivity index (χ0v) is 14.3. The molecule has 2 aromatic carbocycles. The van der Waals surface area contributed by atoms with Crippen LogP contribution < -0.4 is 5.32 Å². The van der Waals surface area contributed by atoms with E-state index in [1.54, 1.807) is 18.3 Å². The summed E-state index contributed by atoms with van der Waals surface area (Å²) in [6.45, 7) is 2.35. The third-order valence-corrected chi connectivity index (χ3v) is 4.27. The minimum Gasteiger partial charge on any atom is -0.440 e. The molecule has 0 atom stereocenters. The molecule has 6 heteroatoms. The van der Waals surface area contributed by atoms with Crippen molar-refractivity contribution in [1.29, 1.82) is 0 Å². The molecule has 2 N–H and O–H groups in total. The summed E-state index contributed by atoms with van der Waals surface area (Å²) in [5.41, 5.74) is 4.94. The monoisotopic (exact) mass is 346 g/mol. The van der Waals surface area contributed by atoms with Crippen molar-refractivity contribution < 1.29 is 9.21 Å². The molecule has 4 rings (SSSR count). The molecule has 130 valence electrons. The second kappa shape index (κ2) is 6.84.